The lowest BCUT2D eigenvalue weighted by atomic mass is 9.93. The van der Waals surface area contributed by atoms with Gasteiger partial charge in [-0.25, -0.2) is 9.98 Å². The molecule has 0 unspecified atom stereocenters. The maximum Gasteiger partial charge on any atom is 0.220 e. The van der Waals surface area contributed by atoms with Crippen LogP contribution in [0.5, 0.6) is 0 Å². The van der Waals surface area contributed by atoms with Gasteiger partial charge in [0, 0.05) is 39.3 Å². The number of carbonyl (C=O) groups excluding carboxylic acids is 1. The van der Waals surface area contributed by atoms with Crippen molar-refractivity contribution in [2.24, 2.45) is 10.9 Å². The molecule has 132 valence electrons. The van der Waals surface area contributed by atoms with Gasteiger partial charge in [0.1, 0.15) is 5.15 Å². The van der Waals surface area contributed by atoms with Gasteiger partial charge in [0.05, 0.1) is 6.54 Å². The first-order valence-corrected chi connectivity index (χ1v) is 8.84. The predicted molar refractivity (Wildman–Crippen MR) is 97.0 cm³/mol. The first-order chi connectivity index (χ1) is 11.6. The number of carbonyl (C=O) groups is 1. The summed E-state index contributed by atoms with van der Waals surface area (Å²) in [5, 5.41) is 6.55. The minimum absolute atomic E-state index is 0.129. The summed E-state index contributed by atoms with van der Waals surface area (Å²) < 4.78 is 0. The van der Waals surface area contributed by atoms with Crippen LogP contribution in [0.15, 0.2) is 23.3 Å². The van der Waals surface area contributed by atoms with Gasteiger partial charge in [0.25, 0.3) is 0 Å². The Morgan fingerprint density at radius 1 is 1.42 bits per heavy atom. The van der Waals surface area contributed by atoms with Gasteiger partial charge in [-0.3, -0.25) is 4.79 Å². The molecule has 1 fully saturated rings. The number of piperidine rings is 1. The number of aliphatic imine (C=N–C) groups is 1. The van der Waals surface area contributed by atoms with Crippen LogP contribution in [0.3, 0.4) is 0 Å². The minimum Gasteiger partial charge on any atom is -0.359 e. The van der Waals surface area contributed by atoms with E-state index in [0.29, 0.717) is 24.0 Å². The van der Waals surface area contributed by atoms with Gasteiger partial charge in [-0.1, -0.05) is 17.7 Å². The average molecular weight is 352 g/mol. The Bertz CT molecular complexity index is 553. The molecule has 0 spiro atoms. The molecule has 2 heterocycles. The number of halogens is 1. The average Bonchev–Trinajstić information content (AvgIpc) is 2.60. The van der Waals surface area contributed by atoms with Gasteiger partial charge in [-0.2, -0.15) is 0 Å². The van der Waals surface area contributed by atoms with E-state index in [1.165, 1.54) is 0 Å². The van der Waals surface area contributed by atoms with Crippen LogP contribution in [-0.2, 0) is 11.3 Å². The van der Waals surface area contributed by atoms with E-state index in [1.807, 2.05) is 6.07 Å². The second-order valence-electron chi connectivity index (χ2n) is 5.97. The van der Waals surface area contributed by atoms with E-state index in [2.05, 4.69) is 27.4 Å². The summed E-state index contributed by atoms with van der Waals surface area (Å²) in [6, 6.07) is 3.72. The Morgan fingerprint density at radius 3 is 2.75 bits per heavy atom. The molecule has 1 aliphatic rings. The molecule has 1 aromatic heterocycles. The number of nitrogens with one attached hydrogen (secondary N) is 2. The number of guanidine groups is 1. The molecular formula is C17H26ClN5O. The summed E-state index contributed by atoms with van der Waals surface area (Å²) in [5.41, 5.74) is 1.03. The molecule has 0 bridgehead atoms. The molecule has 2 rings (SSSR count). The Morgan fingerprint density at radius 2 is 2.17 bits per heavy atom. The quantitative estimate of drug-likeness (QED) is 0.484. The number of rotatable bonds is 5. The van der Waals surface area contributed by atoms with Crippen LogP contribution in [-0.4, -0.2) is 48.4 Å². The van der Waals surface area contributed by atoms with Crippen molar-refractivity contribution in [2.75, 3.05) is 26.7 Å². The summed E-state index contributed by atoms with van der Waals surface area (Å²) >= 11 is 5.81. The molecule has 24 heavy (non-hydrogen) atoms. The lowest BCUT2D eigenvalue weighted by molar-refractivity contribution is -0.121. The van der Waals surface area contributed by atoms with Gasteiger partial charge in [-0.15, -0.1) is 0 Å². The van der Waals surface area contributed by atoms with Gasteiger partial charge in [0.2, 0.25) is 5.91 Å². The summed E-state index contributed by atoms with van der Waals surface area (Å²) in [7, 11) is 1.69. The first-order valence-electron chi connectivity index (χ1n) is 8.46. The monoisotopic (exact) mass is 351 g/mol. The first kappa shape index (κ1) is 18.5. The summed E-state index contributed by atoms with van der Waals surface area (Å²) in [6.07, 6.45) is 4.40. The number of pyridine rings is 1. The molecule has 0 atom stereocenters. The van der Waals surface area contributed by atoms with E-state index < -0.39 is 0 Å². The molecule has 0 radical (unpaired) electrons. The van der Waals surface area contributed by atoms with E-state index in [-0.39, 0.29) is 5.91 Å². The summed E-state index contributed by atoms with van der Waals surface area (Å²) in [4.78, 5) is 22.6. The fraction of sp³-hybridized carbons (Fsp3) is 0.588. The van der Waals surface area contributed by atoms with Gasteiger partial charge < -0.3 is 15.5 Å². The third-order valence-corrected chi connectivity index (χ3v) is 4.43. The maximum atomic E-state index is 11.5. The third kappa shape index (κ3) is 5.67. The topological polar surface area (TPSA) is 69.6 Å². The van der Waals surface area contributed by atoms with Crippen molar-refractivity contribution in [3.05, 3.63) is 29.0 Å². The SMILES string of the molecule is CCNC(=NCc1ccc(Cl)nc1)N1CCC(CC(=O)NC)CC1. The molecule has 0 aromatic carbocycles. The number of nitrogens with zero attached hydrogens (tertiary/aromatic N) is 3. The molecule has 0 saturated carbocycles. The van der Waals surface area contributed by atoms with Gasteiger partial charge in [-0.05, 0) is 37.3 Å². The highest BCUT2D eigenvalue weighted by atomic mass is 35.5. The van der Waals surface area contributed by atoms with Crippen molar-refractivity contribution in [3.63, 3.8) is 0 Å². The second-order valence-corrected chi connectivity index (χ2v) is 6.35. The van der Waals surface area contributed by atoms with Crippen molar-refractivity contribution in [1.29, 1.82) is 0 Å². The number of hydrogen-bond acceptors (Lipinski definition) is 3. The molecule has 1 aliphatic heterocycles. The molecule has 6 nitrogen and oxygen atoms in total. The highest BCUT2D eigenvalue weighted by Gasteiger charge is 2.22. The highest BCUT2D eigenvalue weighted by Crippen LogP contribution is 2.20. The predicted octanol–water partition coefficient (Wildman–Crippen LogP) is 2.05. The van der Waals surface area contributed by atoms with Crippen molar-refractivity contribution in [1.82, 2.24) is 20.5 Å². The Balaban J connectivity index is 1.92. The molecule has 2 N–H and O–H groups in total. The number of likely N-dealkylation sites (tertiary alicyclic amines) is 1. The van der Waals surface area contributed by atoms with E-state index >= 15 is 0 Å². The van der Waals surface area contributed by atoms with Crippen LogP contribution in [0.1, 0.15) is 31.7 Å². The smallest absolute Gasteiger partial charge is 0.220 e. The van der Waals surface area contributed by atoms with Crippen LogP contribution in [0.4, 0.5) is 0 Å². The molecule has 1 saturated heterocycles. The summed E-state index contributed by atoms with van der Waals surface area (Å²) in [6.45, 7) is 5.32. The van der Waals surface area contributed by atoms with Crippen LogP contribution >= 0.6 is 11.6 Å². The zero-order valence-electron chi connectivity index (χ0n) is 14.4. The van der Waals surface area contributed by atoms with Crippen LogP contribution in [0, 0.1) is 5.92 Å². The Labute approximate surface area is 148 Å². The molecule has 0 aliphatic carbocycles. The fourth-order valence-corrected chi connectivity index (χ4v) is 2.92. The van der Waals surface area contributed by atoms with Gasteiger partial charge in [0.15, 0.2) is 5.96 Å². The van der Waals surface area contributed by atoms with Crippen LogP contribution < -0.4 is 10.6 Å². The molecule has 7 heteroatoms. The van der Waals surface area contributed by atoms with E-state index in [4.69, 9.17) is 16.6 Å². The Hall–Kier alpha value is -1.82. The zero-order valence-corrected chi connectivity index (χ0v) is 15.1. The van der Waals surface area contributed by atoms with E-state index in [9.17, 15) is 4.79 Å². The second kappa shape index (κ2) is 9.47. The molecule has 1 aromatic rings. The van der Waals surface area contributed by atoms with Crippen LogP contribution in [0.25, 0.3) is 0 Å². The maximum absolute atomic E-state index is 11.5. The lowest BCUT2D eigenvalue weighted by Gasteiger charge is -2.34. The van der Waals surface area contributed by atoms with Gasteiger partial charge >= 0.3 is 0 Å². The minimum atomic E-state index is 0.129. The normalized spacial score (nSPS) is 16.1. The van der Waals surface area contributed by atoms with E-state index in [1.54, 1.807) is 19.3 Å². The lowest BCUT2D eigenvalue weighted by Crippen LogP contribution is -2.46. The fourth-order valence-electron chi connectivity index (χ4n) is 2.81. The number of hydrogen-bond donors (Lipinski definition) is 2. The molecular weight excluding hydrogens is 326 g/mol. The van der Waals surface area contributed by atoms with Crippen molar-refractivity contribution >= 4 is 23.5 Å². The summed E-state index contributed by atoms with van der Waals surface area (Å²) in [5.74, 6) is 1.51. The third-order valence-electron chi connectivity index (χ3n) is 4.20. The van der Waals surface area contributed by atoms with Crippen molar-refractivity contribution < 1.29 is 4.79 Å². The standard InChI is InChI=1S/C17H26ClN5O/c1-3-20-17(22-12-14-4-5-15(18)21-11-14)23-8-6-13(7-9-23)10-16(24)19-2/h4-5,11,13H,3,6-10,12H2,1-2H3,(H,19,24)(H,20,22). The van der Waals surface area contributed by atoms with Crippen molar-refractivity contribution in [2.45, 2.75) is 32.7 Å². The van der Waals surface area contributed by atoms with Crippen LogP contribution in [0.2, 0.25) is 5.15 Å². The zero-order chi connectivity index (χ0) is 17.4. The molecule has 1 amide bonds. The largest absolute Gasteiger partial charge is 0.359 e. The number of aromatic nitrogens is 1. The van der Waals surface area contributed by atoms with E-state index in [0.717, 1.165) is 44.0 Å². The number of amides is 1. The van der Waals surface area contributed by atoms with Crippen molar-refractivity contribution in [3.8, 4) is 0 Å². The highest BCUT2D eigenvalue weighted by molar-refractivity contribution is 6.29. The Kier molecular flexibility index (Phi) is 7.31.